The zero-order chi connectivity index (χ0) is 7.07. The lowest BCUT2D eigenvalue weighted by atomic mass is 9.89. The smallest absolute Gasteiger partial charge is 0.0380 e. The van der Waals surface area contributed by atoms with Crippen molar-refractivity contribution in [2.24, 2.45) is 17.3 Å². The van der Waals surface area contributed by atoms with Gasteiger partial charge in [-0.15, -0.1) is 0 Å². The van der Waals surface area contributed by atoms with E-state index in [-0.39, 0.29) is 0 Å². The molecule has 0 saturated heterocycles. The topological polar surface area (TPSA) is 0 Å². The van der Waals surface area contributed by atoms with Crippen molar-refractivity contribution in [1.82, 2.24) is 0 Å². The Labute approximate surface area is 58.7 Å². The Kier molecular flexibility index (Phi) is 1.58. The highest BCUT2D eigenvalue weighted by Crippen LogP contribution is 2.45. The average molecular weight is 126 g/mol. The van der Waals surface area contributed by atoms with Gasteiger partial charge in [-0.05, 0) is 30.1 Å². The molecule has 0 aromatic rings. The van der Waals surface area contributed by atoms with Crippen molar-refractivity contribution in [3.8, 4) is 0 Å². The maximum atomic E-state index is 2.36. The molecule has 1 aliphatic carbocycles. The first-order valence-electron chi connectivity index (χ1n) is 3.99. The third-order valence-corrected chi connectivity index (χ3v) is 2.15. The van der Waals surface area contributed by atoms with Gasteiger partial charge in [0.2, 0.25) is 0 Å². The van der Waals surface area contributed by atoms with Gasteiger partial charge in [-0.2, -0.15) is 0 Å². The van der Waals surface area contributed by atoms with Crippen molar-refractivity contribution in [2.75, 3.05) is 0 Å². The molecular weight excluding hydrogens is 108 g/mol. The highest BCUT2D eigenvalue weighted by molar-refractivity contribution is 4.85. The van der Waals surface area contributed by atoms with Gasteiger partial charge in [-0.1, -0.05) is 27.7 Å². The fraction of sp³-hybridized carbons (Fsp3) is 1.00. The molecule has 0 nitrogen and oxygen atoms in total. The molecular formula is C9H18. The van der Waals surface area contributed by atoms with E-state index in [1.807, 2.05) is 0 Å². The third kappa shape index (κ3) is 2.38. The van der Waals surface area contributed by atoms with Crippen LogP contribution in [-0.2, 0) is 0 Å². The molecule has 0 spiro atoms. The van der Waals surface area contributed by atoms with E-state index in [1.165, 1.54) is 12.8 Å². The van der Waals surface area contributed by atoms with E-state index in [2.05, 4.69) is 27.7 Å². The Hall–Kier alpha value is 0. The van der Waals surface area contributed by atoms with E-state index in [1.54, 1.807) is 0 Å². The molecule has 54 valence electrons. The Morgan fingerprint density at radius 1 is 1.33 bits per heavy atom. The van der Waals surface area contributed by atoms with E-state index in [0.717, 1.165) is 11.8 Å². The minimum Gasteiger partial charge on any atom is -0.0622 e. The summed E-state index contributed by atoms with van der Waals surface area (Å²) in [4.78, 5) is 0. The fourth-order valence-corrected chi connectivity index (χ4v) is 1.47. The van der Waals surface area contributed by atoms with Crippen LogP contribution in [0.25, 0.3) is 0 Å². The molecule has 1 saturated carbocycles. The van der Waals surface area contributed by atoms with Crippen LogP contribution in [-0.4, -0.2) is 0 Å². The first-order valence-corrected chi connectivity index (χ1v) is 3.99. The Balaban J connectivity index is 2.19. The maximum absolute atomic E-state index is 2.36. The van der Waals surface area contributed by atoms with Crippen LogP contribution in [0.15, 0.2) is 0 Å². The molecule has 1 rings (SSSR count). The first kappa shape index (κ1) is 7.11. The SMILES string of the molecule is C[C@H]1CC1CC(C)(C)C. The van der Waals surface area contributed by atoms with Gasteiger partial charge < -0.3 is 0 Å². The predicted octanol–water partition coefficient (Wildman–Crippen LogP) is 3.08. The largest absolute Gasteiger partial charge is 0.0622 e. The first-order chi connectivity index (χ1) is 3.99. The van der Waals surface area contributed by atoms with Crippen molar-refractivity contribution in [2.45, 2.75) is 40.5 Å². The van der Waals surface area contributed by atoms with Crippen LogP contribution in [0.1, 0.15) is 40.5 Å². The highest BCUT2D eigenvalue weighted by Gasteiger charge is 2.35. The van der Waals surface area contributed by atoms with Gasteiger partial charge in [0.15, 0.2) is 0 Å². The van der Waals surface area contributed by atoms with Crippen LogP contribution in [0.3, 0.4) is 0 Å². The standard InChI is InChI=1S/C9H18/c1-7-5-8(7)6-9(2,3)4/h7-8H,5-6H2,1-4H3/t7-,8?/m0/s1. The van der Waals surface area contributed by atoms with Crippen LogP contribution in [0, 0.1) is 17.3 Å². The molecule has 0 heterocycles. The number of rotatable bonds is 1. The van der Waals surface area contributed by atoms with Crippen LogP contribution in [0.4, 0.5) is 0 Å². The molecule has 1 aliphatic rings. The van der Waals surface area contributed by atoms with Gasteiger partial charge in [0, 0.05) is 0 Å². The molecule has 0 bridgehead atoms. The summed E-state index contributed by atoms with van der Waals surface area (Å²) < 4.78 is 0. The molecule has 0 amide bonds. The van der Waals surface area contributed by atoms with Gasteiger partial charge >= 0.3 is 0 Å². The van der Waals surface area contributed by atoms with E-state index < -0.39 is 0 Å². The van der Waals surface area contributed by atoms with Gasteiger partial charge in [0.05, 0.1) is 0 Å². The van der Waals surface area contributed by atoms with Crippen LogP contribution in [0.2, 0.25) is 0 Å². The van der Waals surface area contributed by atoms with Crippen molar-refractivity contribution < 1.29 is 0 Å². The van der Waals surface area contributed by atoms with Crippen molar-refractivity contribution in [3.05, 3.63) is 0 Å². The van der Waals surface area contributed by atoms with E-state index in [9.17, 15) is 0 Å². The zero-order valence-electron chi connectivity index (χ0n) is 7.07. The second-order valence-corrected chi connectivity index (χ2v) is 4.74. The van der Waals surface area contributed by atoms with Gasteiger partial charge in [-0.3, -0.25) is 0 Å². The minimum absolute atomic E-state index is 0.565. The highest BCUT2D eigenvalue weighted by atomic mass is 14.4. The summed E-state index contributed by atoms with van der Waals surface area (Å²) in [7, 11) is 0. The molecule has 0 N–H and O–H groups in total. The molecule has 0 aliphatic heterocycles. The summed E-state index contributed by atoms with van der Waals surface area (Å²) in [5.74, 6) is 2.09. The quantitative estimate of drug-likeness (QED) is 0.506. The predicted molar refractivity (Wildman–Crippen MR) is 41.3 cm³/mol. The van der Waals surface area contributed by atoms with Crippen LogP contribution < -0.4 is 0 Å². The summed E-state index contributed by atoms with van der Waals surface area (Å²) in [5.41, 5.74) is 0.565. The van der Waals surface area contributed by atoms with Crippen molar-refractivity contribution >= 4 is 0 Å². The molecule has 0 aromatic heterocycles. The average Bonchev–Trinajstić information content (AvgIpc) is 2.13. The van der Waals surface area contributed by atoms with Crippen molar-refractivity contribution in [1.29, 1.82) is 0 Å². The second-order valence-electron chi connectivity index (χ2n) is 4.74. The lowest BCUT2D eigenvalue weighted by Crippen LogP contribution is -2.05. The molecule has 9 heavy (non-hydrogen) atoms. The Morgan fingerprint density at radius 3 is 1.89 bits per heavy atom. The lowest BCUT2D eigenvalue weighted by Gasteiger charge is -2.17. The molecule has 0 aromatic carbocycles. The molecule has 0 heteroatoms. The lowest BCUT2D eigenvalue weighted by molar-refractivity contribution is 0.346. The zero-order valence-corrected chi connectivity index (χ0v) is 7.07. The summed E-state index contributed by atoms with van der Waals surface area (Å²) in [5, 5.41) is 0. The van der Waals surface area contributed by atoms with E-state index >= 15 is 0 Å². The van der Waals surface area contributed by atoms with Gasteiger partial charge in [-0.25, -0.2) is 0 Å². The monoisotopic (exact) mass is 126 g/mol. The Bertz CT molecular complexity index is 97.1. The van der Waals surface area contributed by atoms with E-state index in [4.69, 9.17) is 0 Å². The number of hydrogen-bond donors (Lipinski definition) is 0. The second kappa shape index (κ2) is 2.00. The van der Waals surface area contributed by atoms with Gasteiger partial charge in [0.1, 0.15) is 0 Å². The minimum atomic E-state index is 0.565. The third-order valence-electron chi connectivity index (χ3n) is 2.15. The van der Waals surface area contributed by atoms with Crippen molar-refractivity contribution in [3.63, 3.8) is 0 Å². The summed E-state index contributed by atoms with van der Waals surface area (Å²) in [6.45, 7) is 9.35. The maximum Gasteiger partial charge on any atom is -0.0380 e. The molecule has 1 fully saturated rings. The molecule has 2 atom stereocenters. The normalized spacial score (nSPS) is 34.7. The van der Waals surface area contributed by atoms with Crippen LogP contribution >= 0.6 is 0 Å². The Morgan fingerprint density at radius 2 is 1.78 bits per heavy atom. The molecule has 1 unspecified atom stereocenters. The van der Waals surface area contributed by atoms with Gasteiger partial charge in [0.25, 0.3) is 0 Å². The summed E-state index contributed by atoms with van der Waals surface area (Å²) in [6.07, 6.45) is 2.91. The summed E-state index contributed by atoms with van der Waals surface area (Å²) in [6, 6.07) is 0. The van der Waals surface area contributed by atoms with E-state index in [0.29, 0.717) is 5.41 Å². The summed E-state index contributed by atoms with van der Waals surface area (Å²) >= 11 is 0. The molecule has 0 radical (unpaired) electrons. The van der Waals surface area contributed by atoms with Crippen LogP contribution in [0.5, 0.6) is 0 Å². The number of hydrogen-bond acceptors (Lipinski definition) is 0. The fourth-order valence-electron chi connectivity index (χ4n) is 1.47.